The van der Waals surface area contributed by atoms with Crippen molar-refractivity contribution in [2.24, 2.45) is 11.7 Å². The molecule has 0 aliphatic carbocycles. The summed E-state index contributed by atoms with van der Waals surface area (Å²) in [5.74, 6) is -2.64. The summed E-state index contributed by atoms with van der Waals surface area (Å²) in [5.41, 5.74) is 9.77. The van der Waals surface area contributed by atoms with Crippen molar-refractivity contribution in [1.82, 2.24) is 25.9 Å². The summed E-state index contributed by atoms with van der Waals surface area (Å²) in [5, 5.41) is 19.7. The summed E-state index contributed by atoms with van der Waals surface area (Å²) < 4.78 is 0. The molecule has 0 fully saturated rings. The molecule has 0 radical (unpaired) electrons. The Labute approximate surface area is 260 Å². The van der Waals surface area contributed by atoms with Crippen LogP contribution >= 0.6 is 11.8 Å². The molecule has 0 saturated carbocycles. The van der Waals surface area contributed by atoms with Crippen LogP contribution in [0.25, 0.3) is 21.8 Å². The van der Waals surface area contributed by atoms with Gasteiger partial charge in [-0.15, -0.1) is 0 Å². The fourth-order valence-corrected chi connectivity index (χ4v) is 5.65. The van der Waals surface area contributed by atoms with Gasteiger partial charge in [-0.3, -0.25) is 14.4 Å². The van der Waals surface area contributed by atoms with E-state index in [0.717, 1.165) is 32.9 Å². The molecule has 44 heavy (non-hydrogen) atoms. The number of hydrogen-bond donors (Lipinski definition) is 7. The molecule has 4 rings (SSSR count). The second kappa shape index (κ2) is 14.9. The molecule has 4 atom stereocenters. The van der Waals surface area contributed by atoms with Crippen LogP contribution in [0.1, 0.15) is 31.4 Å². The number of carbonyl (C=O) groups excluding carboxylic acids is 3. The second-order valence-corrected chi connectivity index (χ2v) is 12.2. The van der Waals surface area contributed by atoms with Crippen LogP contribution < -0.4 is 21.7 Å². The first-order valence-corrected chi connectivity index (χ1v) is 16.0. The van der Waals surface area contributed by atoms with E-state index in [1.807, 2.05) is 61.0 Å². The molecule has 4 unspecified atom stereocenters. The van der Waals surface area contributed by atoms with E-state index in [9.17, 15) is 24.3 Å². The van der Waals surface area contributed by atoms with Crippen molar-refractivity contribution in [3.63, 3.8) is 0 Å². The lowest BCUT2D eigenvalue weighted by Crippen LogP contribution is -2.58. The smallest absolute Gasteiger partial charge is 0.326 e. The van der Waals surface area contributed by atoms with Gasteiger partial charge in [0, 0.05) is 40.6 Å². The Morgan fingerprint density at radius 1 is 0.795 bits per heavy atom. The van der Waals surface area contributed by atoms with Crippen molar-refractivity contribution in [2.75, 3.05) is 12.0 Å². The lowest BCUT2D eigenvalue weighted by atomic mass is 10.0. The number of thioether (sulfide) groups is 1. The number of carboxylic acids is 1. The van der Waals surface area contributed by atoms with Crippen LogP contribution in [-0.4, -0.2) is 74.9 Å². The van der Waals surface area contributed by atoms with E-state index in [4.69, 9.17) is 5.73 Å². The van der Waals surface area contributed by atoms with E-state index in [1.54, 1.807) is 20.0 Å². The van der Waals surface area contributed by atoms with Gasteiger partial charge in [0.05, 0.1) is 6.04 Å². The van der Waals surface area contributed by atoms with Gasteiger partial charge >= 0.3 is 5.97 Å². The third kappa shape index (κ3) is 8.00. The van der Waals surface area contributed by atoms with Crippen LogP contribution in [0, 0.1) is 5.92 Å². The zero-order valence-electron chi connectivity index (χ0n) is 25.1. The van der Waals surface area contributed by atoms with Gasteiger partial charge < -0.3 is 36.8 Å². The molecule has 2 aromatic heterocycles. The fraction of sp³-hybridized carbons (Fsp3) is 0.375. The average Bonchev–Trinajstić information content (AvgIpc) is 3.61. The van der Waals surface area contributed by atoms with E-state index in [1.165, 1.54) is 11.8 Å². The summed E-state index contributed by atoms with van der Waals surface area (Å²) in [6.07, 6.45) is 6.17. The van der Waals surface area contributed by atoms with Crippen molar-refractivity contribution >= 4 is 57.3 Å². The van der Waals surface area contributed by atoms with Gasteiger partial charge in [-0.2, -0.15) is 11.8 Å². The van der Waals surface area contributed by atoms with Crippen molar-refractivity contribution in [2.45, 2.75) is 57.3 Å². The molecule has 8 N–H and O–H groups in total. The van der Waals surface area contributed by atoms with Crippen molar-refractivity contribution in [1.29, 1.82) is 0 Å². The van der Waals surface area contributed by atoms with Crippen molar-refractivity contribution in [3.8, 4) is 0 Å². The largest absolute Gasteiger partial charge is 0.480 e. The summed E-state index contributed by atoms with van der Waals surface area (Å²) in [4.78, 5) is 58.6. The molecule has 0 aliphatic rings. The summed E-state index contributed by atoms with van der Waals surface area (Å²) in [7, 11) is 0. The van der Waals surface area contributed by atoms with Gasteiger partial charge in [-0.1, -0.05) is 50.2 Å². The SMILES string of the molecule is CSCCC(NC(=O)C(N)Cc1c[nH]c2ccccc12)C(=O)NC(Cc1c[nH]c2ccccc12)C(=O)NC(C(=O)O)C(C)C. The Bertz CT molecular complexity index is 1610. The fourth-order valence-electron chi connectivity index (χ4n) is 5.18. The minimum atomic E-state index is -1.17. The number of aromatic amines is 2. The molecule has 0 bridgehead atoms. The summed E-state index contributed by atoms with van der Waals surface area (Å²) in [6, 6.07) is 11.2. The van der Waals surface area contributed by atoms with Gasteiger partial charge in [-0.05, 0) is 54.0 Å². The maximum absolute atomic E-state index is 13.7. The number of fused-ring (bicyclic) bond motifs is 2. The van der Waals surface area contributed by atoms with Gasteiger partial charge in [0.25, 0.3) is 0 Å². The van der Waals surface area contributed by atoms with E-state index in [-0.39, 0.29) is 18.8 Å². The molecule has 11 nitrogen and oxygen atoms in total. The van der Waals surface area contributed by atoms with Gasteiger partial charge in [-0.25, -0.2) is 4.79 Å². The number of carbonyl (C=O) groups is 4. The van der Waals surface area contributed by atoms with Gasteiger partial charge in [0.15, 0.2) is 0 Å². The predicted octanol–water partition coefficient (Wildman–Crippen LogP) is 2.71. The maximum atomic E-state index is 13.7. The quantitative estimate of drug-likeness (QED) is 0.107. The summed E-state index contributed by atoms with van der Waals surface area (Å²) in [6.45, 7) is 3.39. The molecule has 2 heterocycles. The molecule has 0 saturated heterocycles. The number of carboxylic acid groups (broad SMARTS) is 1. The number of aromatic nitrogens is 2. The molecule has 2 aromatic carbocycles. The van der Waals surface area contributed by atoms with E-state index < -0.39 is 47.9 Å². The van der Waals surface area contributed by atoms with Gasteiger partial charge in [0.2, 0.25) is 17.7 Å². The van der Waals surface area contributed by atoms with E-state index >= 15 is 0 Å². The predicted molar refractivity (Wildman–Crippen MR) is 173 cm³/mol. The van der Waals surface area contributed by atoms with Crippen molar-refractivity contribution in [3.05, 3.63) is 72.1 Å². The van der Waals surface area contributed by atoms with Crippen LogP contribution in [0.3, 0.4) is 0 Å². The Hall–Kier alpha value is -4.29. The van der Waals surface area contributed by atoms with E-state index in [0.29, 0.717) is 12.2 Å². The highest BCUT2D eigenvalue weighted by atomic mass is 32.2. The maximum Gasteiger partial charge on any atom is 0.326 e. The van der Waals surface area contributed by atoms with Crippen molar-refractivity contribution < 1.29 is 24.3 Å². The Morgan fingerprint density at radius 3 is 1.86 bits per heavy atom. The number of hydrogen-bond acceptors (Lipinski definition) is 6. The monoisotopic (exact) mass is 620 g/mol. The average molecular weight is 621 g/mol. The number of aliphatic carboxylic acids is 1. The zero-order valence-corrected chi connectivity index (χ0v) is 25.9. The standard InChI is InChI=1S/C32H40N6O5S/c1-18(2)28(32(42)43)38-31(41)27(15-20-17-35-25-11-7-5-9-22(20)25)37-30(40)26(12-13-44-3)36-29(39)23(33)14-19-16-34-24-10-6-4-8-21(19)24/h4-11,16-18,23,26-28,34-35H,12-15,33H2,1-3H3,(H,36,39)(H,37,40)(H,38,41)(H,42,43). The Balaban J connectivity index is 1.52. The lowest BCUT2D eigenvalue weighted by molar-refractivity contribution is -0.143. The number of benzene rings is 2. The first-order chi connectivity index (χ1) is 21.1. The Kier molecular flexibility index (Phi) is 11.1. The highest BCUT2D eigenvalue weighted by molar-refractivity contribution is 7.98. The van der Waals surface area contributed by atoms with Crippen LogP contribution in [-0.2, 0) is 32.0 Å². The van der Waals surface area contributed by atoms with Crippen LogP contribution in [0.15, 0.2) is 60.9 Å². The van der Waals surface area contributed by atoms with Crippen LogP contribution in [0.2, 0.25) is 0 Å². The molecular formula is C32H40N6O5S. The zero-order chi connectivity index (χ0) is 31.8. The number of amides is 3. The number of rotatable bonds is 15. The number of nitrogens with two attached hydrogens (primary N) is 1. The second-order valence-electron chi connectivity index (χ2n) is 11.2. The van der Waals surface area contributed by atoms with E-state index in [2.05, 4.69) is 25.9 Å². The highest BCUT2D eigenvalue weighted by Crippen LogP contribution is 2.21. The first-order valence-electron chi connectivity index (χ1n) is 14.6. The minimum Gasteiger partial charge on any atom is -0.480 e. The minimum absolute atomic E-state index is 0.106. The molecule has 12 heteroatoms. The Morgan fingerprint density at radius 2 is 1.32 bits per heavy atom. The molecule has 0 spiro atoms. The molecular weight excluding hydrogens is 580 g/mol. The number of para-hydroxylation sites is 2. The third-order valence-corrected chi connectivity index (χ3v) is 8.30. The lowest BCUT2D eigenvalue weighted by Gasteiger charge is -2.26. The first kappa shape index (κ1) is 32.6. The van der Waals surface area contributed by atoms with Gasteiger partial charge in [0.1, 0.15) is 18.1 Å². The molecule has 3 amide bonds. The summed E-state index contributed by atoms with van der Waals surface area (Å²) >= 11 is 1.52. The van der Waals surface area contributed by atoms with Crippen LogP contribution in [0.5, 0.6) is 0 Å². The molecule has 4 aromatic rings. The topological polar surface area (TPSA) is 182 Å². The number of nitrogens with one attached hydrogen (secondary N) is 5. The van der Waals surface area contributed by atoms with Crippen LogP contribution in [0.4, 0.5) is 0 Å². The highest BCUT2D eigenvalue weighted by Gasteiger charge is 2.32. The number of H-pyrrole nitrogens is 2. The molecule has 0 aliphatic heterocycles. The normalized spacial score (nSPS) is 14.2. The third-order valence-electron chi connectivity index (χ3n) is 7.66. The molecule has 234 valence electrons.